The SMILES string of the molecule is C[Si](C)(C)CCOCCOC(=O)c1cc(OCCOCC[Si](C)(C)C)ccc1OCCOCC[Si](C)(C)C. The standard InChI is InChI=1S/C28H54O7Si3/c1-36(2,3)21-18-30-12-15-33-25-10-11-27(34-16-13-31-19-22-37(4,5)6)26(24-25)28(29)35-17-14-32-20-23-38(7,8)9/h10-11,24H,12-23H2,1-9H3. The van der Waals surface area contributed by atoms with Crippen LogP contribution in [0.2, 0.25) is 77.1 Å². The van der Waals surface area contributed by atoms with Gasteiger partial charge >= 0.3 is 5.97 Å². The number of carbonyl (C=O) groups excluding carboxylic acids is 1. The van der Waals surface area contributed by atoms with Crippen molar-refractivity contribution in [3.63, 3.8) is 0 Å². The zero-order valence-electron chi connectivity index (χ0n) is 25.6. The molecule has 38 heavy (non-hydrogen) atoms. The van der Waals surface area contributed by atoms with Gasteiger partial charge in [0, 0.05) is 44.0 Å². The second-order valence-electron chi connectivity index (χ2n) is 13.3. The van der Waals surface area contributed by atoms with E-state index < -0.39 is 30.2 Å². The Morgan fingerprint density at radius 3 is 1.50 bits per heavy atom. The van der Waals surface area contributed by atoms with Gasteiger partial charge in [-0.1, -0.05) is 58.9 Å². The number of benzene rings is 1. The zero-order chi connectivity index (χ0) is 28.7. The third kappa shape index (κ3) is 19.0. The van der Waals surface area contributed by atoms with E-state index in [2.05, 4.69) is 58.9 Å². The second kappa shape index (κ2) is 17.5. The summed E-state index contributed by atoms with van der Waals surface area (Å²) in [6.45, 7) is 25.4. The molecule has 0 aliphatic heterocycles. The summed E-state index contributed by atoms with van der Waals surface area (Å²) in [5.41, 5.74) is 0.339. The largest absolute Gasteiger partial charge is 0.491 e. The maximum absolute atomic E-state index is 12.9. The molecule has 1 aromatic carbocycles. The lowest BCUT2D eigenvalue weighted by atomic mass is 10.2. The molecule has 0 aliphatic rings. The van der Waals surface area contributed by atoms with Crippen molar-refractivity contribution >= 4 is 30.2 Å². The Labute approximate surface area is 234 Å². The van der Waals surface area contributed by atoms with Gasteiger partial charge in [-0.3, -0.25) is 0 Å². The Kier molecular flexibility index (Phi) is 16.0. The molecule has 0 saturated carbocycles. The van der Waals surface area contributed by atoms with Gasteiger partial charge in [0.2, 0.25) is 0 Å². The van der Waals surface area contributed by atoms with Crippen LogP contribution in [0, 0.1) is 0 Å². The summed E-state index contributed by atoms with van der Waals surface area (Å²) < 4.78 is 34.3. The average Bonchev–Trinajstić information content (AvgIpc) is 2.79. The van der Waals surface area contributed by atoms with E-state index in [1.165, 1.54) is 0 Å². The fourth-order valence-electron chi connectivity index (χ4n) is 3.03. The summed E-state index contributed by atoms with van der Waals surface area (Å²) in [4.78, 5) is 12.9. The molecule has 0 aromatic heterocycles. The van der Waals surface area contributed by atoms with Crippen LogP contribution in [0.3, 0.4) is 0 Å². The van der Waals surface area contributed by atoms with Gasteiger partial charge in [0.25, 0.3) is 0 Å². The molecule has 0 heterocycles. The van der Waals surface area contributed by atoms with E-state index in [0.29, 0.717) is 56.7 Å². The van der Waals surface area contributed by atoms with Gasteiger partial charge in [-0.2, -0.15) is 0 Å². The third-order valence-corrected chi connectivity index (χ3v) is 10.7. The van der Waals surface area contributed by atoms with Crippen molar-refractivity contribution in [3.05, 3.63) is 23.8 Å². The quantitative estimate of drug-likeness (QED) is 0.0905. The Bertz CT molecular complexity index is 799. The van der Waals surface area contributed by atoms with Crippen molar-refractivity contribution in [1.82, 2.24) is 0 Å². The minimum atomic E-state index is -1.14. The molecule has 0 unspecified atom stereocenters. The van der Waals surface area contributed by atoms with E-state index >= 15 is 0 Å². The van der Waals surface area contributed by atoms with Crippen molar-refractivity contribution in [3.8, 4) is 11.5 Å². The second-order valence-corrected chi connectivity index (χ2v) is 30.1. The van der Waals surface area contributed by atoms with Crippen molar-refractivity contribution in [2.75, 3.05) is 59.5 Å². The summed E-state index contributed by atoms with van der Waals surface area (Å²) in [6.07, 6.45) is 0. The molecule has 0 aliphatic carbocycles. The molecule has 10 heteroatoms. The number of hydrogen-bond donors (Lipinski definition) is 0. The molecule has 0 saturated heterocycles. The molecule has 0 N–H and O–H groups in total. The van der Waals surface area contributed by atoms with E-state index in [-0.39, 0.29) is 6.61 Å². The summed E-state index contributed by atoms with van der Waals surface area (Å²) in [5, 5.41) is 0. The van der Waals surface area contributed by atoms with E-state index in [4.69, 9.17) is 28.4 Å². The average molecular weight is 587 g/mol. The van der Waals surface area contributed by atoms with Gasteiger partial charge in [0.1, 0.15) is 36.9 Å². The van der Waals surface area contributed by atoms with Gasteiger partial charge in [0.05, 0.1) is 19.8 Å². The minimum absolute atomic E-state index is 0.194. The zero-order valence-corrected chi connectivity index (χ0v) is 28.6. The number of ether oxygens (including phenoxy) is 6. The lowest BCUT2D eigenvalue weighted by Crippen LogP contribution is -2.22. The molecule has 0 spiro atoms. The molecule has 0 fully saturated rings. The maximum atomic E-state index is 12.9. The van der Waals surface area contributed by atoms with Crippen LogP contribution in [0.1, 0.15) is 10.4 Å². The van der Waals surface area contributed by atoms with Crippen LogP contribution in [0.15, 0.2) is 18.2 Å². The molecule has 1 aromatic rings. The maximum Gasteiger partial charge on any atom is 0.342 e. The Balaban J connectivity index is 2.62. The fourth-order valence-corrected chi connectivity index (χ4v) is 5.30. The lowest BCUT2D eigenvalue weighted by Gasteiger charge is -2.17. The third-order valence-electron chi connectivity index (χ3n) is 5.60. The van der Waals surface area contributed by atoms with Gasteiger partial charge < -0.3 is 28.4 Å². The number of rotatable bonds is 21. The highest BCUT2D eigenvalue weighted by Gasteiger charge is 2.17. The number of carbonyl (C=O) groups is 1. The van der Waals surface area contributed by atoms with Crippen LogP contribution in [0.5, 0.6) is 11.5 Å². The molecule has 7 nitrogen and oxygen atoms in total. The molecular weight excluding hydrogens is 533 g/mol. The first-order valence-electron chi connectivity index (χ1n) is 14.0. The molecule has 0 radical (unpaired) electrons. The van der Waals surface area contributed by atoms with Gasteiger partial charge in [0.15, 0.2) is 0 Å². The van der Waals surface area contributed by atoms with Crippen LogP contribution in [-0.4, -0.2) is 89.7 Å². The Hall–Kier alpha value is -1.18. The van der Waals surface area contributed by atoms with Crippen LogP contribution in [-0.2, 0) is 18.9 Å². The summed E-state index contributed by atoms with van der Waals surface area (Å²) >= 11 is 0. The van der Waals surface area contributed by atoms with Crippen LogP contribution < -0.4 is 9.47 Å². The monoisotopic (exact) mass is 586 g/mol. The highest BCUT2D eigenvalue weighted by molar-refractivity contribution is 6.76. The lowest BCUT2D eigenvalue weighted by molar-refractivity contribution is 0.0328. The first-order chi connectivity index (χ1) is 17.7. The van der Waals surface area contributed by atoms with Gasteiger partial charge in [-0.15, -0.1) is 0 Å². The summed E-state index contributed by atoms with van der Waals surface area (Å²) in [5.74, 6) is 0.586. The Morgan fingerprint density at radius 2 is 1.03 bits per heavy atom. The Morgan fingerprint density at radius 1 is 0.579 bits per heavy atom. The molecule has 1 rings (SSSR count). The normalized spacial score (nSPS) is 12.4. The van der Waals surface area contributed by atoms with Crippen LogP contribution in [0.25, 0.3) is 0 Å². The first kappa shape index (κ1) is 34.8. The van der Waals surface area contributed by atoms with Gasteiger partial charge in [-0.05, 0) is 36.3 Å². The van der Waals surface area contributed by atoms with E-state index in [9.17, 15) is 4.79 Å². The van der Waals surface area contributed by atoms with Crippen molar-refractivity contribution in [2.45, 2.75) is 77.1 Å². The van der Waals surface area contributed by atoms with Crippen LogP contribution >= 0.6 is 0 Å². The predicted molar refractivity (Wildman–Crippen MR) is 165 cm³/mol. The van der Waals surface area contributed by atoms with Crippen molar-refractivity contribution in [2.24, 2.45) is 0 Å². The molecule has 0 atom stereocenters. The molecular formula is C28H54O7Si3. The summed E-state index contributed by atoms with van der Waals surface area (Å²) in [6, 6.07) is 8.56. The topological polar surface area (TPSA) is 72.5 Å². The van der Waals surface area contributed by atoms with Crippen LogP contribution in [0.4, 0.5) is 0 Å². The van der Waals surface area contributed by atoms with Crippen molar-refractivity contribution < 1.29 is 33.2 Å². The minimum Gasteiger partial charge on any atom is -0.491 e. The highest BCUT2D eigenvalue weighted by atomic mass is 28.3. The predicted octanol–water partition coefficient (Wildman–Crippen LogP) is 6.67. The van der Waals surface area contributed by atoms with Gasteiger partial charge in [-0.25, -0.2) is 4.79 Å². The number of esters is 1. The highest BCUT2D eigenvalue weighted by Crippen LogP contribution is 2.25. The molecule has 0 bridgehead atoms. The smallest absolute Gasteiger partial charge is 0.342 e. The van der Waals surface area contributed by atoms with E-state index in [1.807, 2.05) is 0 Å². The van der Waals surface area contributed by atoms with Crippen molar-refractivity contribution in [1.29, 1.82) is 0 Å². The van der Waals surface area contributed by atoms with E-state index in [1.54, 1.807) is 18.2 Å². The molecule has 220 valence electrons. The van der Waals surface area contributed by atoms with E-state index in [0.717, 1.165) is 31.3 Å². The number of hydrogen-bond acceptors (Lipinski definition) is 7. The summed E-state index contributed by atoms with van der Waals surface area (Å²) in [7, 11) is -3.38. The fraction of sp³-hybridized carbons (Fsp3) is 0.750. The first-order valence-corrected chi connectivity index (χ1v) is 25.1. The molecule has 0 amide bonds.